The average molecular weight is 1170 g/mol. The molecule has 0 rings (SSSR count). The van der Waals surface area contributed by atoms with Crippen molar-refractivity contribution in [2.75, 3.05) is 13.2 Å². The van der Waals surface area contributed by atoms with Crippen LogP contribution in [0.3, 0.4) is 0 Å². The molecule has 0 fully saturated rings. The molecule has 0 aliphatic heterocycles. The van der Waals surface area contributed by atoms with E-state index in [1.165, 1.54) is 327 Å². The number of hydrogen-bond acceptors (Lipinski definition) is 5. The Morgan fingerprint density at radius 2 is 0.602 bits per heavy atom. The number of carbonyl (C=O) groups excluding carboxylic acids is 2. The predicted molar refractivity (Wildman–Crippen MR) is 366 cm³/mol. The van der Waals surface area contributed by atoms with Crippen molar-refractivity contribution in [2.24, 2.45) is 0 Å². The minimum Gasteiger partial charge on any atom is -0.466 e. The number of aliphatic hydroxyl groups excluding tert-OH is 2. The molecule has 488 valence electrons. The van der Waals surface area contributed by atoms with Gasteiger partial charge in [-0.2, -0.15) is 0 Å². The molecule has 0 aromatic carbocycles. The van der Waals surface area contributed by atoms with Crippen molar-refractivity contribution in [1.82, 2.24) is 5.32 Å². The van der Waals surface area contributed by atoms with E-state index in [1.54, 1.807) is 6.08 Å². The number of rotatable bonds is 70. The van der Waals surface area contributed by atoms with Gasteiger partial charge in [-0.15, -0.1) is 0 Å². The van der Waals surface area contributed by atoms with Gasteiger partial charge in [0.25, 0.3) is 0 Å². The highest BCUT2D eigenvalue weighted by molar-refractivity contribution is 5.76. The normalized spacial score (nSPS) is 12.8. The van der Waals surface area contributed by atoms with Gasteiger partial charge in [-0.1, -0.05) is 351 Å². The first-order valence-corrected chi connectivity index (χ1v) is 37.4. The molecule has 2 unspecified atom stereocenters. The maximum atomic E-state index is 12.4. The average Bonchev–Trinajstić information content (AvgIpc) is 3.49. The van der Waals surface area contributed by atoms with Gasteiger partial charge in [0, 0.05) is 12.8 Å². The molecule has 6 heteroatoms. The van der Waals surface area contributed by atoms with Crippen LogP contribution in [-0.4, -0.2) is 47.4 Å². The van der Waals surface area contributed by atoms with Crippen LogP contribution >= 0.6 is 0 Å². The predicted octanol–water partition coefficient (Wildman–Crippen LogP) is 24.4. The van der Waals surface area contributed by atoms with Gasteiger partial charge in [0.2, 0.25) is 5.91 Å². The van der Waals surface area contributed by atoms with E-state index < -0.39 is 12.1 Å². The molecule has 0 saturated carbocycles. The van der Waals surface area contributed by atoms with Crippen LogP contribution in [0.1, 0.15) is 406 Å². The van der Waals surface area contributed by atoms with E-state index >= 15 is 0 Å². The van der Waals surface area contributed by atoms with Crippen LogP contribution in [0.15, 0.2) is 48.6 Å². The molecule has 0 aliphatic carbocycles. The van der Waals surface area contributed by atoms with Crippen molar-refractivity contribution >= 4 is 11.9 Å². The van der Waals surface area contributed by atoms with Gasteiger partial charge in [-0.3, -0.25) is 9.59 Å². The molecule has 2 atom stereocenters. The Labute approximate surface area is 518 Å². The standard InChI is InChI=1S/C77H145NO5/c1-3-5-7-9-11-13-14-15-16-17-42-45-48-51-55-59-63-67-71-77(82)83-72-68-64-60-56-52-49-46-43-40-38-36-34-32-30-28-26-24-22-20-18-19-21-23-25-27-29-31-33-35-37-39-41-44-47-50-54-58-62-66-70-76(81)78-74(73-79)75(80)69-65-61-57-53-12-10-8-6-4-2/h13-14,16-19,65,69,74-75,79-80H,3-12,15,20-64,66-68,70-73H2,1-2H3,(H,78,81)/b14-13-,17-16-,19-18-,69-65+. The van der Waals surface area contributed by atoms with Gasteiger partial charge in [0.15, 0.2) is 0 Å². The van der Waals surface area contributed by atoms with Crippen molar-refractivity contribution < 1.29 is 24.5 Å². The fraction of sp³-hybridized carbons (Fsp3) is 0.870. The van der Waals surface area contributed by atoms with Crippen molar-refractivity contribution in [3.63, 3.8) is 0 Å². The van der Waals surface area contributed by atoms with Crippen molar-refractivity contribution in [3.05, 3.63) is 48.6 Å². The molecule has 0 bridgehead atoms. The fourth-order valence-corrected chi connectivity index (χ4v) is 11.6. The monoisotopic (exact) mass is 1160 g/mol. The van der Waals surface area contributed by atoms with Crippen molar-refractivity contribution in [2.45, 2.75) is 418 Å². The lowest BCUT2D eigenvalue weighted by Gasteiger charge is -2.20. The largest absolute Gasteiger partial charge is 0.466 e. The Bertz CT molecular complexity index is 1390. The number of esters is 1. The summed E-state index contributed by atoms with van der Waals surface area (Å²) in [6.07, 6.45) is 95.3. The van der Waals surface area contributed by atoms with E-state index in [-0.39, 0.29) is 18.5 Å². The Morgan fingerprint density at radius 3 is 0.940 bits per heavy atom. The Balaban J connectivity index is 3.30. The smallest absolute Gasteiger partial charge is 0.305 e. The third-order valence-corrected chi connectivity index (χ3v) is 17.3. The zero-order valence-electron chi connectivity index (χ0n) is 55.9. The maximum absolute atomic E-state index is 12.4. The molecule has 0 spiro atoms. The minimum atomic E-state index is -0.839. The van der Waals surface area contributed by atoms with E-state index in [2.05, 4.69) is 55.6 Å². The number of allylic oxidation sites excluding steroid dienone is 7. The third kappa shape index (κ3) is 68.8. The van der Waals surface area contributed by atoms with Crippen molar-refractivity contribution in [1.29, 1.82) is 0 Å². The first-order chi connectivity index (χ1) is 41.0. The van der Waals surface area contributed by atoms with Crippen molar-refractivity contribution in [3.8, 4) is 0 Å². The van der Waals surface area contributed by atoms with E-state index in [9.17, 15) is 19.8 Å². The second kappa shape index (κ2) is 72.3. The molecule has 3 N–H and O–H groups in total. The van der Waals surface area contributed by atoms with Crippen LogP contribution in [-0.2, 0) is 14.3 Å². The van der Waals surface area contributed by atoms with Gasteiger partial charge < -0.3 is 20.3 Å². The number of nitrogens with one attached hydrogen (secondary N) is 1. The SMILES string of the molecule is CCCCCC/C=C\C/C=C\CCCCCCCCCC(=O)OCCCCCCCCCCCCCCCCCCCC/C=C\CCCCCCCCCCCCCCCCCCCC(=O)NC(CO)C(O)/C=C/CCCCCCCCC. The van der Waals surface area contributed by atoms with E-state index in [1.807, 2.05) is 6.08 Å². The zero-order chi connectivity index (χ0) is 59.9. The summed E-state index contributed by atoms with van der Waals surface area (Å²) in [5.74, 6) is -0.0501. The topological polar surface area (TPSA) is 95.9 Å². The van der Waals surface area contributed by atoms with Gasteiger partial charge in [-0.25, -0.2) is 0 Å². The maximum Gasteiger partial charge on any atom is 0.305 e. The van der Waals surface area contributed by atoms with Gasteiger partial charge in [0.05, 0.1) is 25.4 Å². The molecule has 0 aliphatic rings. The number of amides is 1. The van der Waals surface area contributed by atoms with Gasteiger partial charge in [-0.05, 0) is 89.9 Å². The molecule has 0 aromatic rings. The number of carbonyl (C=O) groups is 2. The third-order valence-electron chi connectivity index (χ3n) is 17.3. The summed E-state index contributed by atoms with van der Waals surface area (Å²) in [5, 5.41) is 23.0. The molecule has 0 radical (unpaired) electrons. The van der Waals surface area contributed by atoms with Crippen LogP contribution in [0.2, 0.25) is 0 Å². The number of ether oxygens (including phenoxy) is 1. The molecule has 0 saturated heterocycles. The summed E-state index contributed by atoms with van der Waals surface area (Å²) in [6.45, 7) is 4.88. The van der Waals surface area contributed by atoms with Crippen LogP contribution < -0.4 is 5.32 Å². The lowest BCUT2D eigenvalue weighted by Crippen LogP contribution is -2.45. The van der Waals surface area contributed by atoms with Crippen LogP contribution in [0.25, 0.3) is 0 Å². The van der Waals surface area contributed by atoms with Gasteiger partial charge in [0.1, 0.15) is 0 Å². The highest BCUT2D eigenvalue weighted by Gasteiger charge is 2.18. The Hall–Kier alpha value is -2.18. The van der Waals surface area contributed by atoms with E-state index in [4.69, 9.17) is 4.74 Å². The summed E-state index contributed by atoms with van der Waals surface area (Å²) in [5.41, 5.74) is 0. The number of unbranched alkanes of at least 4 members (excludes halogenated alkanes) is 53. The Kier molecular flexibility index (Phi) is 70.4. The lowest BCUT2D eigenvalue weighted by molar-refractivity contribution is -0.143. The first-order valence-electron chi connectivity index (χ1n) is 37.4. The summed E-state index contributed by atoms with van der Waals surface area (Å²) in [4.78, 5) is 24.5. The molecular formula is C77H145NO5. The van der Waals surface area contributed by atoms with Crippen LogP contribution in [0.5, 0.6) is 0 Å². The summed E-state index contributed by atoms with van der Waals surface area (Å²) >= 11 is 0. The van der Waals surface area contributed by atoms with E-state index in [0.717, 1.165) is 51.4 Å². The number of aliphatic hydroxyl groups is 2. The van der Waals surface area contributed by atoms with Crippen LogP contribution in [0, 0.1) is 0 Å². The van der Waals surface area contributed by atoms with E-state index in [0.29, 0.717) is 19.4 Å². The highest BCUT2D eigenvalue weighted by atomic mass is 16.5. The summed E-state index contributed by atoms with van der Waals surface area (Å²) in [7, 11) is 0. The molecule has 0 heterocycles. The molecule has 1 amide bonds. The minimum absolute atomic E-state index is 0.0151. The van der Waals surface area contributed by atoms with Gasteiger partial charge >= 0.3 is 5.97 Å². The molecular weight excluding hydrogens is 1020 g/mol. The second-order valence-corrected chi connectivity index (χ2v) is 25.6. The zero-order valence-corrected chi connectivity index (χ0v) is 55.9. The van der Waals surface area contributed by atoms with Crippen LogP contribution in [0.4, 0.5) is 0 Å². The number of hydrogen-bond donors (Lipinski definition) is 3. The fourth-order valence-electron chi connectivity index (χ4n) is 11.6. The second-order valence-electron chi connectivity index (χ2n) is 25.6. The summed E-state index contributed by atoms with van der Waals surface area (Å²) in [6, 6.07) is -0.622. The molecule has 0 aromatic heterocycles. The molecule has 6 nitrogen and oxygen atoms in total. The Morgan fingerprint density at radius 1 is 0.337 bits per heavy atom. The summed E-state index contributed by atoms with van der Waals surface area (Å²) < 4.78 is 5.51. The molecule has 83 heavy (non-hydrogen) atoms. The lowest BCUT2D eigenvalue weighted by atomic mass is 10.0. The quantitative estimate of drug-likeness (QED) is 0.0320. The highest BCUT2D eigenvalue weighted by Crippen LogP contribution is 2.19. The first kappa shape index (κ1) is 80.8.